The summed E-state index contributed by atoms with van der Waals surface area (Å²) < 4.78 is 6.04. The number of nitrogens with zero attached hydrogens (tertiary/aromatic N) is 2. The number of aromatic amines is 1. The molecule has 0 unspecified atom stereocenters. The number of morpholine rings is 1. The van der Waals surface area contributed by atoms with Crippen LogP contribution in [-0.2, 0) is 4.74 Å². The molecule has 1 saturated heterocycles. The quantitative estimate of drug-likeness (QED) is 0.862. The minimum atomic E-state index is 0.657. The van der Waals surface area contributed by atoms with Crippen LogP contribution in [0.15, 0.2) is 30.3 Å². The molecule has 0 bridgehead atoms. The molecule has 0 spiro atoms. The number of aromatic nitrogens is 2. The molecule has 104 valence electrons. The Morgan fingerprint density at radius 1 is 1.20 bits per heavy atom. The predicted octanol–water partition coefficient (Wildman–Crippen LogP) is 2.95. The van der Waals surface area contributed by atoms with E-state index >= 15 is 0 Å². The van der Waals surface area contributed by atoms with Gasteiger partial charge < -0.3 is 14.6 Å². The van der Waals surface area contributed by atoms with Gasteiger partial charge in [-0.05, 0) is 12.5 Å². The second kappa shape index (κ2) is 5.73. The average molecular weight is 287 g/mol. The van der Waals surface area contributed by atoms with Crippen molar-refractivity contribution in [3.05, 3.63) is 40.5 Å². The molecule has 1 aliphatic rings. The third-order valence-electron chi connectivity index (χ3n) is 3.51. The van der Waals surface area contributed by atoms with Crippen LogP contribution in [0.3, 0.4) is 0 Å². The summed E-state index contributed by atoms with van der Waals surface area (Å²) in [5.41, 5.74) is 3.20. The summed E-state index contributed by atoms with van der Waals surface area (Å²) in [6.45, 7) is 5.16. The monoisotopic (exact) mass is 287 g/mol. The molecule has 1 N–H and O–H groups in total. The SMILES string of the molecule is Cc1c(-c2ccccc2)[nH]c(N2CCOCC2)nc1=S. The Labute approximate surface area is 123 Å². The van der Waals surface area contributed by atoms with Crippen molar-refractivity contribution in [3.63, 3.8) is 0 Å². The minimum absolute atomic E-state index is 0.657. The van der Waals surface area contributed by atoms with E-state index in [0.717, 1.165) is 49.1 Å². The van der Waals surface area contributed by atoms with Crippen molar-refractivity contribution >= 4 is 18.2 Å². The fraction of sp³-hybridized carbons (Fsp3) is 0.333. The zero-order valence-corrected chi connectivity index (χ0v) is 12.2. The fourth-order valence-electron chi connectivity index (χ4n) is 2.34. The smallest absolute Gasteiger partial charge is 0.204 e. The highest BCUT2D eigenvalue weighted by atomic mass is 32.1. The lowest BCUT2D eigenvalue weighted by atomic mass is 10.1. The Morgan fingerprint density at radius 2 is 1.90 bits per heavy atom. The largest absolute Gasteiger partial charge is 0.378 e. The third kappa shape index (κ3) is 2.59. The molecule has 5 heteroatoms. The number of anilines is 1. The van der Waals surface area contributed by atoms with Crippen LogP contribution in [0.5, 0.6) is 0 Å². The molecule has 1 fully saturated rings. The molecular formula is C15H17N3OS. The number of benzene rings is 1. The van der Waals surface area contributed by atoms with Crippen molar-refractivity contribution in [3.8, 4) is 11.3 Å². The van der Waals surface area contributed by atoms with Crippen LogP contribution in [0.25, 0.3) is 11.3 Å². The van der Waals surface area contributed by atoms with Gasteiger partial charge in [0.05, 0.1) is 18.9 Å². The van der Waals surface area contributed by atoms with Crippen molar-refractivity contribution in [2.24, 2.45) is 0 Å². The minimum Gasteiger partial charge on any atom is -0.378 e. The molecular weight excluding hydrogens is 270 g/mol. The number of nitrogens with one attached hydrogen (secondary N) is 1. The first-order valence-electron chi connectivity index (χ1n) is 6.75. The first-order chi connectivity index (χ1) is 9.75. The van der Waals surface area contributed by atoms with Crippen LogP contribution < -0.4 is 4.90 Å². The number of hydrogen-bond donors (Lipinski definition) is 1. The zero-order valence-electron chi connectivity index (χ0n) is 11.4. The van der Waals surface area contributed by atoms with Gasteiger partial charge in [0.15, 0.2) is 0 Å². The molecule has 1 aromatic carbocycles. The normalized spacial score (nSPS) is 15.3. The van der Waals surface area contributed by atoms with Crippen molar-refractivity contribution in [1.82, 2.24) is 9.97 Å². The summed E-state index contributed by atoms with van der Waals surface area (Å²) in [4.78, 5) is 10.1. The van der Waals surface area contributed by atoms with Crippen molar-refractivity contribution in [2.75, 3.05) is 31.2 Å². The van der Waals surface area contributed by atoms with Gasteiger partial charge in [-0.15, -0.1) is 0 Å². The van der Waals surface area contributed by atoms with Crippen LogP contribution in [0, 0.1) is 11.6 Å². The summed E-state index contributed by atoms with van der Waals surface area (Å²) in [7, 11) is 0. The predicted molar refractivity (Wildman–Crippen MR) is 82.6 cm³/mol. The van der Waals surface area contributed by atoms with Crippen LogP contribution in [0.1, 0.15) is 5.56 Å². The standard InChI is InChI=1S/C15H17N3OS/c1-11-13(12-5-3-2-4-6-12)16-15(17-14(11)20)18-7-9-19-10-8-18/h2-6H,7-10H2,1H3,(H,16,17,20). The van der Waals surface area contributed by atoms with E-state index in [1.807, 2.05) is 25.1 Å². The lowest BCUT2D eigenvalue weighted by Crippen LogP contribution is -2.37. The van der Waals surface area contributed by atoms with Gasteiger partial charge in [-0.3, -0.25) is 0 Å². The number of hydrogen-bond acceptors (Lipinski definition) is 4. The van der Waals surface area contributed by atoms with Gasteiger partial charge >= 0.3 is 0 Å². The van der Waals surface area contributed by atoms with Crippen molar-refractivity contribution < 1.29 is 4.74 Å². The van der Waals surface area contributed by atoms with E-state index in [1.54, 1.807) is 0 Å². The van der Waals surface area contributed by atoms with Crippen molar-refractivity contribution in [1.29, 1.82) is 0 Å². The summed E-state index contributed by atoms with van der Waals surface area (Å²) >= 11 is 5.41. The summed E-state index contributed by atoms with van der Waals surface area (Å²) in [5, 5.41) is 0. The van der Waals surface area contributed by atoms with E-state index in [0.29, 0.717) is 4.64 Å². The topological polar surface area (TPSA) is 41.2 Å². The molecule has 1 aromatic heterocycles. The number of H-pyrrole nitrogens is 1. The maximum atomic E-state index is 5.41. The molecule has 2 aromatic rings. The molecule has 1 aliphatic heterocycles. The van der Waals surface area contributed by atoms with Gasteiger partial charge in [0.1, 0.15) is 4.64 Å². The maximum absolute atomic E-state index is 5.41. The van der Waals surface area contributed by atoms with Gasteiger partial charge in [0.25, 0.3) is 0 Å². The van der Waals surface area contributed by atoms with E-state index < -0.39 is 0 Å². The molecule has 3 rings (SSSR count). The first-order valence-corrected chi connectivity index (χ1v) is 7.15. The van der Waals surface area contributed by atoms with Crippen LogP contribution in [0.4, 0.5) is 5.95 Å². The lowest BCUT2D eigenvalue weighted by molar-refractivity contribution is 0.122. The average Bonchev–Trinajstić information content (AvgIpc) is 2.51. The van der Waals surface area contributed by atoms with E-state index in [1.165, 1.54) is 0 Å². The summed E-state index contributed by atoms with van der Waals surface area (Å²) in [6, 6.07) is 10.2. The van der Waals surface area contributed by atoms with Crippen molar-refractivity contribution in [2.45, 2.75) is 6.92 Å². The second-order valence-electron chi connectivity index (χ2n) is 4.83. The van der Waals surface area contributed by atoms with Gasteiger partial charge in [-0.2, -0.15) is 0 Å². The molecule has 2 heterocycles. The van der Waals surface area contributed by atoms with E-state index in [-0.39, 0.29) is 0 Å². The Bertz CT molecular complexity index is 648. The van der Waals surface area contributed by atoms with Gasteiger partial charge in [-0.1, -0.05) is 42.5 Å². The van der Waals surface area contributed by atoms with Crippen LogP contribution in [0.2, 0.25) is 0 Å². The molecule has 0 atom stereocenters. The van der Waals surface area contributed by atoms with Gasteiger partial charge in [0.2, 0.25) is 5.95 Å². The third-order valence-corrected chi connectivity index (χ3v) is 3.91. The van der Waals surface area contributed by atoms with E-state index in [2.05, 4.69) is 27.0 Å². The summed E-state index contributed by atoms with van der Waals surface area (Å²) in [6.07, 6.45) is 0. The zero-order chi connectivity index (χ0) is 13.9. The Balaban J connectivity index is 2.06. The number of ether oxygens (including phenoxy) is 1. The highest BCUT2D eigenvalue weighted by Gasteiger charge is 2.15. The van der Waals surface area contributed by atoms with Crippen LogP contribution >= 0.6 is 12.2 Å². The Morgan fingerprint density at radius 3 is 2.60 bits per heavy atom. The van der Waals surface area contributed by atoms with E-state index in [4.69, 9.17) is 17.0 Å². The molecule has 20 heavy (non-hydrogen) atoms. The van der Waals surface area contributed by atoms with E-state index in [9.17, 15) is 0 Å². The molecule has 0 radical (unpaired) electrons. The Kier molecular flexibility index (Phi) is 3.80. The Hall–Kier alpha value is -1.72. The number of rotatable bonds is 2. The second-order valence-corrected chi connectivity index (χ2v) is 5.22. The van der Waals surface area contributed by atoms with Gasteiger partial charge in [0, 0.05) is 18.7 Å². The molecule has 4 nitrogen and oxygen atoms in total. The summed E-state index contributed by atoms with van der Waals surface area (Å²) in [5.74, 6) is 0.836. The lowest BCUT2D eigenvalue weighted by Gasteiger charge is -2.28. The molecule has 0 saturated carbocycles. The van der Waals surface area contributed by atoms with Crippen LogP contribution in [-0.4, -0.2) is 36.3 Å². The maximum Gasteiger partial charge on any atom is 0.204 e. The molecule has 0 amide bonds. The highest BCUT2D eigenvalue weighted by Crippen LogP contribution is 2.24. The molecule has 0 aliphatic carbocycles. The van der Waals surface area contributed by atoms with Gasteiger partial charge in [-0.25, -0.2) is 4.98 Å². The fourth-order valence-corrected chi connectivity index (χ4v) is 2.53. The first kappa shape index (κ1) is 13.3. The highest BCUT2D eigenvalue weighted by molar-refractivity contribution is 7.71.